The molecule has 0 atom stereocenters. The van der Waals surface area contributed by atoms with E-state index in [9.17, 15) is 0 Å². The van der Waals surface area contributed by atoms with Crippen LogP contribution >= 0.6 is 0 Å². The third-order valence-corrected chi connectivity index (χ3v) is 3.35. The first-order valence-electron chi connectivity index (χ1n) is 6.92. The maximum Gasteiger partial charge on any atom is 0.0431 e. The van der Waals surface area contributed by atoms with Crippen molar-refractivity contribution in [2.24, 2.45) is 0 Å². The van der Waals surface area contributed by atoms with E-state index in [2.05, 4.69) is 16.7 Å². The SMILES string of the molecule is CCCN1CCCN(CCCCCO)CC1. The van der Waals surface area contributed by atoms with Crippen LogP contribution in [0.2, 0.25) is 0 Å². The van der Waals surface area contributed by atoms with Gasteiger partial charge in [-0.2, -0.15) is 0 Å². The molecule has 1 N–H and O–H groups in total. The van der Waals surface area contributed by atoms with Gasteiger partial charge in [0.2, 0.25) is 0 Å². The monoisotopic (exact) mass is 228 g/mol. The van der Waals surface area contributed by atoms with Crippen LogP contribution < -0.4 is 0 Å². The van der Waals surface area contributed by atoms with Crippen LogP contribution in [0, 0.1) is 0 Å². The zero-order valence-corrected chi connectivity index (χ0v) is 10.8. The molecule has 0 bridgehead atoms. The molecule has 1 aliphatic heterocycles. The minimum atomic E-state index is 0.351. The normalized spacial score (nSPS) is 19.9. The van der Waals surface area contributed by atoms with E-state index in [1.165, 1.54) is 65.0 Å². The Balaban J connectivity index is 2.10. The summed E-state index contributed by atoms with van der Waals surface area (Å²) in [5.74, 6) is 0. The summed E-state index contributed by atoms with van der Waals surface area (Å²) < 4.78 is 0. The molecular weight excluding hydrogens is 200 g/mol. The van der Waals surface area contributed by atoms with Crippen LogP contribution in [0.3, 0.4) is 0 Å². The van der Waals surface area contributed by atoms with Gasteiger partial charge in [-0.1, -0.05) is 6.92 Å². The van der Waals surface area contributed by atoms with Gasteiger partial charge in [-0.3, -0.25) is 0 Å². The molecule has 1 fully saturated rings. The van der Waals surface area contributed by atoms with E-state index in [1.54, 1.807) is 0 Å². The predicted octanol–water partition coefficient (Wildman–Crippen LogP) is 1.57. The van der Waals surface area contributed by atoms with E-state index in [0.717, 1.165) is 6.42 Å². The Kier molecular flexibility index (Phi) is 7.81. The molecule has 0 aliphatic carbocycles. The van der Waals surface area contributed by atoms with Crippen molar-refractivity contribution in [1.29, 1.82) is 0 Å². The number of aliphatic hydroxyl groups excluding tert-OH is 1. The van der Waals surface area contributed by atoms with Gasteiger partial charge in [-0.05, 0) is 58.3 Å². The van der Waals surface area contributed by atoms with E-state index >= 15 is 0 Å². The fourth-order valence-corrected chi connectivity index (χ4v) is 2.41. The molecular formula is C13H28N2O. The Morgan fingerprint density at radius 3 is 2.19 bits per heavy atom. The molecule has 16 heavy (non-hydrogen) atoms. The first-order valence-corrected chi connectivity index (χ1v) is 6.92. The highest BCUT2D eigenvalue weighted by molar-refractivity contribution is 4.69. The standard InChI is InChI=1S/C13H28N2O/c1-2-7-14-9-6-10-15(12-11-14)8-4-3-5-13-16/h16H,2-13H2,1H3. The quantitative estimate of drug-likeness (QED) is 0.670. The number of unbranched alkanes of at least 4 members (excludes halogenated alkanes) is 2. The fourth-order valence-electron chi connectivity index (χ4n) is 2.41. The van der Waals surface area contributed by atoms with Crippen molar-refractivity contribution >= 4 is 0 Å². The molecule has 1 heterocycles. The highest BCUT2D eigenvalue weighted by atomic mass is 16.2. The highest BCUT2D eigenvalue weighted by Crippen LogP contribution is 2.05. The molecule has 0 unspecified atom stereocenters. The molecule has 3 heteroatoms. The lowest BCUT2D eigenvalue weighted by Crippen LogP contribution is -2.31. The second-order valence-electron chi connectivity index (χ2n) is 4.82. The summed E-state index contributed by atoms with van der Waals surface area (Å²) in [6.45, 7) is 10.1. The third kappa shape index (κ3) is 5.83. The molecule has 0 aromatic heterocycles. The average Bonchev–Trinajstić information content (AvgIpc) is 2.51. The minimum Gasteiger partial charge on any atom is -0.396 e. The summed E-state index contributed by atoms with van der Waals surface area (Å²) >= 11 is 0. The van der Waals surface area contributed by atoms with Crippen LogP contribution in [-0.4, -0.2) is 60.8 Å². The summed E-state index contributed by atoms with van der Waals surface area (Å²) in [5, 5.41) is 8.72. The van der Waals surface area contributed by atoms with Crippen LogP contribution in [0.5, 0.6) is 0 Å². The minimum absolute atomic E-state index is 0.351. The number of hydrogen-bond acceptors (Lipinski definition) is 3. The molecule has 0 spiro atoms. The van der Waals surface area contributed by atoms with Gasteiger partial charge >= 0.3 is 0 Å². The molecule has 3 nitrogen and oxygen atoms in total. The third-order valence-electron chi connectivity index (χ3n) is 3.35. The van der Waals surface area contributed by atoms with Gasteiger partial charge < -0.3 is 14.9 Å². The molecule has 0 aromatic carbocycles. The second kappa shape index (κ2) is 8.97. The van der Waals surface area contributed by atoms with E-state index < -0.39 is 0 Å². The molecule has 0 aromatic rings. The van der Waals surface area contributed by atoms with Crippen LogP contribution in [0.1, 0.15) is 39.0 Å². The van der Waals surface area contributed by atoms with Crippen molar-refractivity contribution in [2.45, 2.75) is 39.0 Å². The summed E-state index contributed by atoms with van der Waals surface area (Å²) in [4.78, 5) is 5.18. The molecule has 96 valence electrons. The molecule has 0 radical (unpaired) electrons. The van der Waals surface area contributed by atoms with Gasteiger partial charge in [0.15, 0.2) is 0 Å². The van der Waals surface area contributed by atoms with Crippen LogP contribution in [0.15, 0.2) is 0 Å². The summed E-state index contributed by atoms with van der Waals surface area (Å²) in [5.41, 5.74) is 0. The fraction of sp³-hybridized carbons (Fsp3) is 1.00. The molecule has 1 rings (SSSR count). The number of hydrogen-bond donors (Lipinski definition) is 1. The van der Waals surface area contributed by atoms with Crippen LogP contribution in [-0.2, 0) is 0 Å². The lowest BCUT2D eigenvalue weighted by Gasteiger charge is -2.21. The van der Waals surface area contributed by atoms with Crippen molar-refractivity contribution in [3.05, 3.63) is 0 Å². The van der Waals surface area contributed by atoms with E-state index in [-0.39, 0.29) is 0 Å². The molecule has 0 saturated carbocycles. The topological polar surface area (TPSA) is 26.7 Å². The lowest BCUT2D eigenvalue weighted by molar-refractivity contribution is 0.246. The Morgan fingerprint density at radius 2 is 1.56 bits per heavy atom. The second-order valence-corrected chi connectivity index (χ2v) is 4.82. The average molecular weight is 228 g/mol. The van der Waals surface area contributed by atoms with Gasteiger partial charge in [-0.25, -0.2) is 0 Å². The van der Waals surface area contributed by atoms with E-state index in [4.69, 9.17) is 5.11 Å². The molecule has 1 aliphatic rings. The first kappa shape index (κ1) is 13.9. The highest BCUT2D eigenvalue weighted by Gasteiger charge is 2.13. The van der Waals surface area contributed by atoms with Gasteiger partial charge in [-0.15, -0.1) is 0 Å². The van der Waals surface area contributed by atoms with Gasteiger partial charge in [0.05, 0.1) is 0 Å². The van der Waals surface area contributed by atoms with E-state index in [1.807, 2.05) is 0 Å². The number of rotatable bonds is 7. The Hall–Kier alpha value is -0.120. The molecule has 1 saturated heterocycles. The lowest BCUT2D eigenvalue weighted by atomic mass is 10.2. The zero-order valence-electron chi connectivity index (χ0n) is 10.8. The van der Waals surface area contributed by atoms with Crippen molar-refractivity contribution in [3.8, 4) is 0 Å². The molecule has 0 amide bonds. The zero-order chi connectivity index (χ0) is 11.6. The van der Waals surface area contributed by atoms with Crippen molar-refractivity contribution in [1.82, 2.24) is 9.80 Å². The Bertz CT molecular complexity index is 164. The Morgan fingerprint density at radius 1 is 0.875 bits per heavy atom. The van der Waals surface area contributed by atoms with Crippen LogP contribution in [0.25, 0.3) is 0 Å². The summed E-state index contributed by atoms with van der Waals surface area (Å²) in [6, 6.07) is 0. The maximum atomic E-state index is 8.72. The van der Waals surface area contributed by atoms with Crippen molar-refractivity contribution in [3.63, 3.8) is 0 Å². The van der Waals surface area contributed by atoms with Crippen molar-refractivity contribution in [2.75, 3.05) is 45.9 Å². The summed E-state index contributed by atoms with van der Waals surface area (Å²) in [7, 11) is 0. The van der Waals surface area contributed by atoms with Crippen molar-refractivity contribution < 1.29 is 5.11 Å². The van der Waals surface area contributed by atoms with Gasteiger partial charge in [0.25, 0.3) is 0 Å². The number of aliphatic hydroxyl groups is 1. The smallest absolute Gasteiger partial charge is 0.0431 e. The Labute approximate surface area is 100 Å². The van der Waals surface area contributed by atoms with E-state index in [0.29, 0.717) is 6.61 Å². The van der Waals surface area contributed by atoms with Crippen LogP contribution in [0.4, 0.5) is 0 Å². The van der Waals surface area contributed by atoms with Gasteiger partial charge in [0.1, 0.15) is 0 Å². The predicted molar refractivity (Wildman–Crippen MR) is 68.7 cm³/mol. The number of nitrogens with zero attached hydrogens (tertiary/aromatic N) is 2. The summed E-state index contributed by atoms with van der Waals surface area (Å²) in [6.07, 6.45) is 5.98. The first-order chi connectivity index (χ1) is 7.86. The maximum absolute atomic E-state index is 8.72. The largest absolute Gasteiger partial charge is 0.396 e. The van der Waals surface area contributed by atoms with Gasteiger partial charge in [0, 0.05) is 19.7 Å².